The van der Waals surface area contributed by atoms with Gasteiger partial charge in [-0.05, 0) is 37.5 Å². The lowest BCUT2D eigenvalue weighted by Gasteiger charge is -2.29. The molecule has 0 aromatic heterocycles. The van der Waals surface area contributed by atoms with Gasteiger partial charge in [-0.2, -0.15) is 0 Å². The first-order chi connectivity index (χ1) is 8.54. The summed E-state index contributed by atoms with van der Waals surface area (Å²) in [5, 5.41) is 9.53. The molecule has 4 heteroatoms. The lowest BCUT2D eigenvalue weighted by atomic mass is 10.0. The molecule has 1 aliphatic rings. The number of ketones is 1. The maximum Gasteiger partial charge on any atom is 0.161 e. The van der Waals surface area contributed by atoms with E-state index in [9.17, 15) is 9.90 Å². The highest BCUT2D eigenvalue weighted by molar-refractivity contribution is 9.10. The molecule has 0 aliphatic carbocycles. The van der Waals surface area contributed by atoms with Gasteiger partial charge in [0.25, 0.3) is 0 Å². The van der Waals surface area contributed by atoms with Crippen molar-refractivity contribution in [3.8, 4) is 0 Å². The third-order valence-corrected chi connectivity index (χ3v) is 4.21. The van der Waals surface area contributed by atoms with Gasteiger partial charge in [0.2, 0.25) is 0 Å². The van der Waals surface area contributed by atoms with E-state index in [1.807, 2.05) is 18.2 Å². The van der Waals surface area contributed by atoms with E-state index in [-0.39, 0.29) is 18.4 Å². The molecular formula is C14H18BrNO2. The average molecular weight is 312 g/mol. The monoisotopic (exact) mass is 311 g/mol. The highest BCUT2D eigenvalue weighted by atomic mass is 79.9. The van der Waals surface area contributed by atoms with Gasteiger partial charge in [0.1, 0.15) is 0 Å². The summed E-state index contributed by atoms with van der Waals surface area (Å²) in [4.78, 5) is 13.9. The number of benzene rings is 1. The van der Waals surface area contributed by atoms with Crippen LogP contribution >= 0.6 is 15.9 Å². The second-order valence-corrected chi connectivity index (χ2v) is 5.84. The summed E-state index contributed by atoms with van der Waals surface area (Å²) in [7, 11) is 0. The predicted molar refractivity (Wildman–Crippen MR) is 76.1 cm³/mol. The van der Waals surface area contributed by atoms with Crippen LogP contribution in [0.2, 0.25) is 0 Å². The first kappa shape index (κ1) is 13.6. The third-order valence-electron chi connectivity index (χ3n) is 3.72. The van der Waals surface area contributed by atoms with Gasteiger partial charge in [-0.1, -0.05) is 22.9 Å². The van der Waals surface area contributed by atoms with E-state index in [0.717, 1.165) is 28.7 Å². The normalized spacial score (nSPS) is 23.4. The summed E-state index contributed by atoms with van der Waals surface area (Å²) in [6.07, 6.45) is 1.05. The second kappa shape index (κ2) is 5.41. The molecule has 2 rings (SSSR count). The Balaban J connectivity index is 2.43. The Bertz CT molecular complexity index is 461. The number of aliphatic hydroxyl groups excluding tert-OH is 1. The maximum absolute atomic E-state index is 11.7. The van der Waals surface area contributed by atoms with Crippen LogP contribution in [0.25, 0.3) is 0 Å². The zero-order valence-corrected chi connectivity index (χ0v) is 12.3. The van der Waals surface area contributed by atoms with Crippen LogP contribution in [0.3, 0.4) is 0 Å². The minimum Gasteiger partial charge on any atom is -0.394 e. The molecule has 1 aliphatic heterocycles. The SMILES string of the molecule is CC(=O)c1ccc(Br)cc1N1CCC(C)C1CO. The molecule has 2 unspecified atom stereocenters. The van der Waals surface area contributed by atoms with Crippen molar-refractivity contribution < 1.29 is 9.90 Å². The first-order valence-electron chi connectivity index (χ1n) is 6.22. The Kier molecular flexibility index (Phi) is 4.07. The number of anilines is 1. The van der Waals surface area contributed by atoms with Crippen LogP contribution in [-0.2, 0) is 0 Å². The largest absolute Gasteiger partial charge is 0.394 e. The first-order valence-corrected chi connectivity index (χ1v) is 7.02. The summed E-state index contributed by atoms with van der Waals surface area (Å²) < 4.78 is 0.957. The standard InChI is InChI=1S/C14H18BrNO2/c1-9-5-6-16(14(9)8-17)13-7-11(15)3-4-12(13)10(2)18/h3-4,7,9,14,17H,5-6,8H2,1-2H3. The Labute approximate surface area is 116 Å². The van der Waals surface area contributed by atoms with Crippen molar-refractivity contribution in [2.24, 2.45) is 5.92 Å². The minimum absolute atomic E-state index is 0.0637. The van der Waals surface area contributed by atoms with Crippen LogP contribution in [0.1, 0.15) is 30.6 Å². The Hall–Kier alpha value is -0.870. The van der Waals surface area contributed by atoms with Gasteiger partial charge in [0.05, 0.1) is 12.6 Å². The van der Waals surface area contributed by atoms with Gasteiger partial charge in [-0.3, -0.25) is 4.79 Å². The molecule has 0 radical (unpaired) electrons. The quantitative estimate of drug-likeness (QED) is 0.873. The van der Waals surface area contributed by atoms with Gasteiger partial charge >= 0.3 is 0 Å². The molecular weight excluding hydrogens is 294 g/mol. The van der Waals surface area contributed by atoms with Crippen LogP contribution in [0.4, 0.5) is 5.69 Å². The molecule has 1 aromatic carbocycles. The topological polar surface area (TPSA) is 40.5 Å². The van der Waals surface area contributed by atoms with E-state index in [1.54, 1.807) is 6.92 Å². The number of rotatable bonds is 3. The lowest BCUT2D eigenvalue weighted by Crippen LogP contribution is -2.36. The van der Waals surface area contributed by atoms with Gasteiger partial charge in [-0.15, -0.1) is 0 Å². The van der Waals surface area contributed by atoms with Crippen molar-refractivity contribution >= 4 is 27.4 Å². The fraction of sp³-hybridized carbons (Fsp3) is 0.500. The fourth-order valence-electron chi connectivity index (χ4n) is 2.63. The van der Waals surface area contributed by atoms with E-state index < -0.39 is 0 Å². The van der Waals surface area contributed by atoms with Crippen LogP contribution in [0.15, 0.2) is 22.7 Å². The molecule has 0 saturated carbocycles. The van der Waals surface area contributed by atoms with Gasteiger partial charge in [-0.25, -0.2) is 0 Å². The van der Waals surface area contributed by atoms with E-state index >= 15 is 0 Å². The van der Waals surface area contributed by atoms with Crippen LogP contribution in [-0.4, -0.2) is 30.1 Å². The van der Waals surface area contributed by atoms with E-state index in [4.69, 9.17) is 0 Å². The number of nitrogens with zero attached hydrogens (tertiary/aromatic N) is 1. The Morgan fingerprint density at radius 1 is 1.56 bits per heavy atom. The fourth-order valence-corrected chi connectivity index (χ4v) is 2.97. The van der Waals surface area contributed by atoms with Gasteiger partial charge < -0.3 is 10.0 Å². The van der Waals surface area contributed by atoms with Crippen molar-refractivity contribution in [3.63, 3.8) is 0 Å². The summed E-state index contributed by atoms with van der Waals surface area (Å²) in [6, 6.07) is 5.81. The number of carbonyl (C=O) groups is 1. The van der Waals surface area contributed by atoms with Crippen molar-refractivity contribution in [3.05, 3.63) is 28.2 Å². The molecule has 0 spiro atoms. The molecule has 0 bridgehead atoms. The average Bonchev–Trinajstić information content (AvgIpc) is 2.69. The number of carbonyl (C=O) groups excluding carboxylic acids is 1. The molecule has 98 valence electrons. The van der Waals surface area contributed by atoms with E-state index in [0.29, 0.717) is 5.92 Å². The van der Waals surface area contributed by atoms with E-state index in [1.165, 1.54) is 0 Å². The summed E-state index contributed by atoms with van der Waals surface area (Å²) in [5.41, 5.74) is 1.66. The third kappa shape index (κ3) is 2.45. The van der Waals surface area contributed by atoms with Gasteiger partial charge in [0.15, 0.2) is 5.78 Å². The summed E-state index contributed by atoms with van der Waals surface area (Å²) in [6.45, 7) is 4.75. The Morgan fingerprint density at radius 2 is 2.28 bits per heavy atom. The molecule has 18 heavy (non-hydrogen) atoms. The molecule has 3 nitrogen and oxygen atoms in total. The Morgan fingerprint density at radius 3 is 2.89 bits per heavy atom. The number of hydrogen-bond donors (Lipinski definition) is 1. The zero-order chi connectivity index (χ0) is 13.3. The van der Waals surface area contributed by atoms with Crippen LogP contribution in [0.5, 0.6) is 0 Å². The number of halogens is 1. The van der Waals surface area contributed by atoms with Crippen molar-refractivity contribution in [1.29, 1.82) is 0 Å². The molecule has 1 heterocycles. The summed E-state index contributed by atoms with van der Waals surface area (Å²) >= 11 is 3.45. The van der Waals surface area contributed by atoms with Crippen molar-refractivity contribution in [2.45, 2.75) is 26.3 Å². The summed E-state index contributed by atoms with van der Waals surface area (Å²) in [5.74, 6) is 0.516. The van der Waals surface area contributed by atoms with Crippen LogP contribution < -0.4 is 4.90 Å². The van der Waals surface area contributed by atoms with E-state index in [2.05, 4.69) is 27.8 Å². The van der Waals surface area contributed by atoms with Crippen molar-refractivity contribution in [1.82, 2.24) is 0 Å². The smallest absolute Gasteiger partial charge is 0.161 e. The molecule has 1 aromatic rings. The van der Waals surface area contributed by atoms with Crippen molar-refractivity contribution in [2.75, 3.05) is 18.1 Å². The number of Topliss-reactive ketones (excluding diaryl/α,β-unsaturated/α-hetero) is 1. The molecule has 2 atom stereocenters. The molecule has 1 N–H and O–H groups in total. The highest BCUT2D eigenvalue weighted by Gasteiger charge is 2.32. The molecule has 1 fully saturated rings. The zero-order valence-electron chi connectivity index (χ0n) is 10.7. The highest BCUT2D eigenvalue weighted by Crippen LogP contribution is 2.33. The van der Waals surface area contributed by atoms with Crippen LogP contribution in [0, 0.1) is 5.92 Å². The predicted octanol–water partition coefficient (Wildman–Crippen LogP) is 2.86. The second-order valence-electron chi connectivity index (χ2n) is 4.93. The maximum atomic E-state index is 11.7. The number of hydrogen-bond acceptors (Lipinski definition) is 3. The lowest BCUT2D eigenvalue weighted by molar-refractivity contribution is 0.101. The number of aliphatic hydroxyl groups is 1. The molecule has 0 amide bonds. The van der Waals surface area contributed by atoms with Gasteiger partial charge in [0, 0.05) is 22.3 Å². The molecule has 1 saturated heterocycles. The minimum atomic E-state index is 0.0637.